The Labute approximate surface area is 120 Å². The molecule has 0 aliphatic carbocycles. The summed E-state index contributed by atoms with van der Waals surface area (Å²) in [6, 6.07) is 7.95. The van der Waals surface area contributed by atoms with E-state index in [1.165, 1.54) is 0 Å². The van der Waals surface area contributed by atoms with Crippen LogP contribution in [0.2, 0.25) is 0 Å². The molecule has 2 rings (SSSR count). The molecule has 0 aliphatic heterocycles. The Balaban J connectivity index is 2.43. The molecule has 0 saturated heterocycles. The van der Waals surface area contributed by atoms with Crippen LogP contribution in [0.1, 0.15) is 32.2 Å². The van der Waals surface area contributed by atoms with E-state index in [-0.39, 0.29) is 0 Å². The van der Waals surface area contributed by atoms with Gasteiger partial charge < -0.3 is 5.32 Å². The van der Waals surface area contributed by atoms with Crippen molar-refractivity contribution >= 4 is 5.82 Å². The van der Waals surface area contributed by atoms with Crippen molar-refractivity contribution in [3.8, 4) is 11.5 Å². The van der Waals surface area contributed by atoms with Crippen LogP contribution in [0.15, 0.2) is 24.3 Å². The zero-order chi connectivity index (χ0) is 14.5. The van der Waals surface area contributed by atoms with Crippen LogP contribution in [-0.4, -0.2) is 21.5 Å². The zero-order valence-corrected chi connectivity index (χ0v) is 12.6. The van der Waals surface area contributed by atoms with Gasteiger partial charge in [-0.2, -0.15) is 0 Å². The molecule has 4 nitrogen and oxygen atoms in total. The molecule has 0 atom stereocenters. The second-order valence-corrected chi connectivity index (χ2v) is 5.36. The summed E-state index contributed by atoms with van der Waals surface area (Å²) in [6.45, 7) is 9.28. The lowest BCUT2D eigenvalue weighted by Gasteiger charge is -2.10. The Morgan fingerprint density at radius 1 is 1.15 bits per heavy atom. The summed E-state index contributed by atoms with van der Waals surface area (Å²) in [4.78, 5) is 13.7. The maximum atomic E-state index is 4.65. The van der Waals surface area contributed by atoms with E-state index in [9.17, 15) is 0 Å². The lowest BCUT2D eigenvalue weighted by molar-refractivity contribution is 0.634. The van der Waals surface area contributed by atoms with Crippen molar-refractivity contribution < 1.29 is 0 Å². The predicted octanol–water partition coefficient (Wildman–Crippen LogP) is 3.48. The van der Waals surface area contributed by atoms with Crippen LogP contribution >= 0.6 is 0 Å². The van der Waals surface area contributed by atoms with Gasteiger partial charge in [-0.3, -0.25) is 0 Å². The molecule has 106 valence electrons. The highest BCUT2D eigenvalue weighted by Crippen LogP contribution is 2.18. The van der Waals surface area contributed by atoms with Crippen LogP contribution < -0.4 is 5.32 Å². The summed E-state index contributed by atoms with van der Waals surface area (Å²) in [5.74, 6) is 2.14. The quantitative estimate of drug-likeness (QED) is 0.903. The van der Waals surface area contributed by atoms with Gasteiger partial charge >= 0.3 is 0 Å². The van der Waals surface area contributed by atoms with Crippen molar-refractivity contribution in [3.63, 3.8) is 0 Å². The summed E-state index contributed by atoms with van der Waals surface area (Å²) in [6.07, 6.45) is 0.944. The van der Waals surface area contributed by atoms with Crippen LogP contribution in [-0.2, 0) is 6.42 Å². The number of pyridine rings is 1. The molecular formula is C16H22N4. The molecule has 1 N–H and O–H groups in total. The average Bonchev–Trinajstić information content (AvgIpc) is 2.38. The van der Waals surface area contributed by atoms with Crippen LogP contribution in [0.3, 0.4) is 0 Å². The van der Waals surface area contributed by atoms with E-state index in [1.807, 2.05) is 31.2 Å². The first-order valence-corrected chi connectivity index (χ1v) is 7.14. The summed E-state index contributed by atoms with van der Waals surface area (Å²) in [5.41, 5.74) is 2.87. The van der Waals surface area contributed by atoms with Gasteiger partial charge in [0.15, 0.2) is 5.82 Å². The highest BCUT2D eigenvalue weighted by Gasteiger charge is 2.09. The third-order valence-corrected chi connectivity index (χ3v) is 2.87. The average molecular weight is 270 g/mol. The van der Waals surface area contributed by atoms with Gasteiger partial charge in [0.05, 0.1) is 0 Å². The Hall–Kier alpha value is -1.97. The Bertz CT molecular complexity index is 578. The number of nitrogens with one attached hydrogen (secondary N) is 1. The van der Waals surface area contributed by atoms with Crippen LogP contribution in [0.25, 0.3) is 11.5 Å². The van der Waals surface area contributed by atoms with E-state index in [1.54, 1.807) is 0 Å². The Morgan fingerprint density at radius 2 is 1.95 bits per heavy atom. The van der Waals surface area contributed by atoms with Crippen LogP contribution in [0.4, 0.5) is 5.82 Å². The maximum absolute atomic E-state index is 4.65. The van der Waals surface area contributed by atoms with Gasteiger partial charge in [-0.25, -0.2) is 15.0 Å². The molecule has 0 aliphatic rings. The molecule has 0 radical (unpaired) electrons. The molecule has 0 aromatic carbocycles. The minimum absolute atomic E-state index is 0.567. The van der Waals surface area contributed by atoms with E-state index < -0.39 is 0 Å². The van der Waals surface area contributed by atoms with Crippen molar-refractivity contribution in [1.29, 1.82) is 0 Å². The van der Waals surface area contributed by atoms with Crippen molar-refractivity contribution in [3.05, 3.63) is 35.7 Å². The number of aryl methyl sites for hydroxylation is 1. The van der Waals surface area contributed by atoms with Gasteiger partial charge in [-0.05, 0) is 38.3 Å². The van der Waals surface area contributed by atoms with Crippen LogP contribution in [0.5, 0.6) is 0 Å². The second kappa shape index (κ2) is 6.46. The highest BCUT2D eigenvalue weighted by atomic mass is 15.0. The Kier molecular flexibility index (Phi) is 4.66. The number of hydrogen-bond acceptors (Lipinski definition) is 4. The first-order valence-electron chi connectivity index (χ1n) is 7.14. The number of rotatable bonds is 5. The topological polar surface area (TPSA) is 50.7 Å². The molecule has 2 aromatic rings. The molecule has 0 bridgehead atoms. The smallest absolute Gasteiger partial charge is 0.180 e. The fraction of sp³-hybridized carbons (Fsp3) is 0.438. The molecule has 4 heteroatoms. The monoisotopic (exact) mass is 270 g/mol. The Morgan fingerprint density at radius 3 is 2.60 bits per heavy atom. The SMILES string of the molecule is CCNc1cc(CC(C)C)nc(-c2cccc(C)n2)n1. The lowest BCUT2D eigenvalue weighted by Crippen LogP contribution is -2.06. The molecule has 0 saturated carbocycles. The molecule has 0 amide bonds. The van der Waals surface area contributed by atoms with Gasteiger partial charge in [-0.1, -0.05) is 19.9 Å². The van der Waals surface area contributed by atoms with E-state index in [0.29, 0.717) is 11.7 Å². The van der Waals surface area contributed by atoms with Crippen molar-refractivity contribution in [2.75, 3.05) is 11.9 Å². The van der Waals surface area contributed by atoms with Crippen molar-refractivity contribution in [1.82, 2.24) is 15.0 Å². The molecule has 0 spiro atoms. The van der Waals surface area contributed by atoms with Gasteiger partial charge in [0.2, 0.25) is 0 Å². The predicted molar refractivity (Wildman–Crippen MR) is 82.7 cm³/mol. The number of aromatic nitrogens is 3. The first-order chi connectivity index (χ1) is 9.58. The van der Waals surface area contributed by atoms with Crippen LogP contribution in [0, 0.1) is 12.8 Å². The highest BCUT2D eigenvalue weighted by molar-refractivity contribution is 5.53. The largest absolute Gasteiger partial charge is 0.370 e. The summed E-state index contributed by atoms with van der Waals surface area (Å²) < 4.78 is 0. The molecule has 0 unspecified atom stereocenters. The van der Waals surface area contributed by atoms with E-state index in [4.69, 9.17) is 0 Å². The fourth-order valence-electron chi connectivity index (χ4n) is 2.07. The van der Waals surface area contributed by atoms with Gasteiger partial charge in [0.1, 0.15) is 11.5 Å². The van der Waals surface area contributed by atoms with Gasteiger partial charge in [0.25, 0.3) is 0 Å². The zero-order valence-electron chi connectivity index (χ0n) is 12.6. The minimum Gasteiger partial charge on any atom is -0.370 e. The summed E-state index contributed by atoms with van der Waals surface area (Å²) >= 11 is 0. The van der Waals surface area contributed by atoms with E-state index in [2.05, 4.69) is 41.0 Å². The minimum atomic E-state index is 0.567. The van der Waals surface area contributed by atoms with E-state index >= 15 is 0 Å². The molecule has 2 heterocycles. The van der Waals surface area contributed by atoms with E-state index in [0.717, 1.165) is 35.9 Å². The standard InChI is InChI=1S/C16H22N4/c1-5-17-15-10-13(9-11(2)3)19-16(20-15)14-8-6-7-12(4)18-14/h6-8,10-11H,5,9H2,1-4H3,(H,17,19,20). The summed E-state index contributed by atoms with van der Waals surface area (Å²) in [7, 11) is 0. The molecular weight excluding hydrogens is 248 g/mol. The van der Waals surface area contributed by atoms with Gasteiger partial charge in [0, 0.05) is 24.0 Å². The second-order valence-electron chi connectivity index (χ2n) is 5.36. The number of hydrogen-bond donors (Lipinski definition) is 1. The maximum Gasteiger partial charge on any atom is 0.180 e. The molecule has 2 aromatic heterocycles. The number of anilines is 1. The number of nitrogens with zero attached hydrogens (tertiary/aromatic N) is 3. The molecule has 20 heavy (non-hydrogen) atoms. The fourth-order valence-corrected chi connectivity index (χ4v) is 2.07. The van der Waals surface area contributed by atoms with Gasteiger partial charge in [-0.15, -0.1) is 0 Å². The van der Waals surface area contributed by atoms with Crippen molar-refractivity contribution in [2.45, 2.75) is 34.1 Å². The normalized spacial score (nSPS) is 10.8. The third kappa shape index (κ3) is 3.76. The first kappa shape index (κ1) is 14.4. The summed E-state index contributed by atoms with van der Waals surface area (Å²) in [5, 5.41) is 3.27. The van der Waals surface area contributed by atoms with Crippen molar-refractivity contribution in [2.24, 2.45) is 5.92 Å². The molecule has 0 fully saturated rings. The lowest BCUT2D eigenvalue weighted by atomic mass is 10.1. The third-order valence-electron chi connectivity index (χ3n) is 2.87.